The van der Waals surface area contributed by atoms with Gasteiger partial charge in [-0.2, -0.15) is 4.80 Å². The molecule has 19 heavy (non-hydrogen) atoms. The molecule has 0 aliphatic rings. The lowest BCUT2D eigenvalue weighted by Crippen LogP contribution is -2.05. The van der Waals surface area contributed by atoms with E-state index in [9.17, 15) is 0 Å². The molecule has 0 N–H and O–H groups in total. The first-order valence-electron chi connectivity index (χ1n) is 6.05. The number of nitrogens with zero attached hydrogens (tertiary/aromatic N) is 5. The third-order valence-electron chi connectivity index (χ3n) is 2.95. The molecule has 0 saturated heterocycles. The van der Waals surface area contributed by atoms with Gasteiger partial charge in [0.15, 0.2) is 0 Å². The van der Waals surface area contributed by atoms with Crippen LogP contribution in [0.15, 0.2) is 48.8 Å². The van der Waals surface area contributed by atoms with E-state index in [4.69, 9.17) is 0 Å². The molecule has 5 nitrogen and oxygen atoms in total. The number of rotatable bonds is 3. The van der Waals surface area contributed by atoms with E-state index < -0.39 is 0 Å². The molecule has 3 aromatic rings. The van der Waals surface area contributed by atoms with Crippen molar-refractivity contribution in [1.82, 2.24) is 25.2 Å². The summed E-state index contributed by atoms with van der Waals surface area (Å²) in [6, 6.07) is 12.0. The number of aromatic nitrogens is 5. The summed E-state index contributed by atoms with van der Waals surface area (Å²) in [5.41, 5.74) is 3.29. The lowest BCUT2D eigenvalue weighted by molar-refractivity contribution is 0.571. The fourth-order valence-electron chi connectivity index (χ4n) is 1.86. The third kappa shape index (κ3) is 2.49. The van der Waals surface area contributed by atoms with E-state index in [1.54, 1.807) is 17.2 Å². The van der Waals surface area contributed by atoms with Crippen LogP contribution in [0.25, 0.3) is 11.4 Å². The van der Waals surface area contributed by atoms with Gasteiger partial charge >= 0.3 is 0 Å². The van der Waals surface area contributed by atoms with Crippen LogP contribution in [0.5, 0.6) is 0 Å². The van der Waals surface area contributed by atoms with E-state index in [1.165, 1.54) is 11.1 Å². The van der Waals surface area contributed by atoms with Gasteiger partial charge in [0, 0.05) is 18.0 Å². The molecule has 0 bridgehead atoms. The normalized spacial score (nSPS) is 10.6. The molecule has 1 aromatic carbocycles. The van der Waals surface area contributed by atoms with Crippen LogP contribution in [0, 0.1) is 6.92 Å². The van der Waals surface area contributed by atoms with Crippen molar-refractivity contribution in [3.8, 4) is 11.4 Å². The van der Waals surface area contributed by atoms with Crippen LogP contribution in [-0.4, -0.2) is 25.2 Å². The average molecular weight is 251 g/mol. The molecular weight excluding hydrogens is 238 g/mol. The van der Waals surface area contributed by atoms with E-state index in [1.807, 2.05) is 24.3 Å². The van der Waals surface area contributed by atoms with Crippen molar-refractivity contribution >= 4 is 0 Å². The first kappa shape index (κ1) is 11.5. The Balaban J connectivity index is 1.85. The highest BCUT2D eigenvalue weighted by molar-refractivity contribution is 5.51. The summed E-state index contributed by atoms with van der Waals surface area (Å²) < 4.78 is 0. The smallest absolute Gasteiger partial charge is 0.206 e. The largest absolute Gasteiger partial charge is 0.264 e. The molecule has 0 fully saturated rings. The minimum atomic E-state index is 0.599. The highest BCUT2D eigenvalue weighted by atomic mass is 15.6. The summed E-state index contributed by atoms with van der Waals surface area (Å²) in [6.07, 6.45) is 3.45. The molecule has 0 saturated carbocycles. The molecule has 0 aliphatic heterocycles. The van der Waals surface area contributed by atoms with Crippen LogP contribution in [0.1, 0.15) is 11.1 Å². The minimum absolute atomic E-state index is 0.599. The standard InChI is InChI=1S/C14H13N5/c1-11-5-2-3-6-13(11)10-19-17-14(16-18-19)12-7-4-8-15-9-12/h2-9H,10H2,1H3. The highest BCUT2D eigenvalue weighted by Crippen LogP contribution is 2.12. The Morgan fingerprint density at radius 3 is 2.79 bits per heavy atom. The molecular formula is C14H13N5. The highest BCUT2D eigenvalue weighted by Gasteiger charge is 2.06. The van der Waals surface area contributed by atoms with Gasteiger partial charge in [-0.05, 0) is 35.4 Å². The maximum atomic E-state index is 4.37. The van der Waals surface area contributed by atoms with Crippen molar-refractivity contribution in [2.75, 3.05) is 0 Å². The molecule has 0 atom stereocenters. The molecule has 5 heteroatoms. The Hall–Kier alpha value is -2.56. The number of hydrogen-bond donors (Lipinski definition) is 0. The van der Waals surface area contributed by atoms with Crippen LogP contribution in [0.3, 0.4) is 0 Å². The van der Waals surface area contributed by atoms with Crippen molar-refractivity contribution in [2.24, 2.45) is 0 Å². The first-order chi connectivity index (χ1) is 9.33. The van der Waals surface area contributed by atoms with Gasteiger partial charge in [-0.1, -0.05) is 24.3 Å². The van der Waals surface area contributed by atoms with Crippen molar-refractivity contribution < 1.29 is 0 Å². The summed E-state index contributed by atoms with van der Waals surface area (Å²) in [6.45, 7) is 2.70. The Kier molecular flexibility index (Phi) is 3.02. The van der Waals surface area contributed by atoms with Gasteiger partial charge in [0.25, 0.3) is 0 Å². The predicted octanol–water partition coefficient (Wildman–Crippen LogP) is 2.09. The van der Waals surface area contributed by atoms with Gasteiger partial charge in [-0.15, -0.1) is 10.2 Å². The molecule has 0 unspecified atom stereocenters. The zero-order chi connectivity index (χ0) is 13.1. The Morgan fingerprint density at radius 2 is 2.00 bits per heavy atom. The Labute approximate surface area is 110 Å². The van der Waals surface area contributed by atoms with Gasteiger partial charge in [-0.25, -0.2) is 0 Å². The fraction of sp³-hybridized carbons (Fsp3) is 0.143. The van der Waals surface area contributed by atoms with E-state index in [2.05, 4.69) is 39.5 Å². The van der Waals surface area contributed by atoms with Gasteiger partial charge in [0.2, 0.25) is 5.82 Å². The van der Waals surface area contributed by atoms with Crippen molar-refractivity contribution in [3.05, 3.63) is 59.9 Å². The summed E-state index contributed by atoms with van der Waals surface area (Å²) in [5.74, 6) is 0.599. The van der Waals surface area contributed by atoms with Crippen LogP contribution in [0.4, 0.5) is 0 Å². The number of aryl methyl sites for hydroxylation is 1. The van der Waals surface area contributed by atoms with Crippen LogP contribution >= 0.6 is 0 Å². The van der Waals surface area contributed by atoms with Gasteiger partial charge in [0.05, 0.1) is 6.54 Å². The second kappa shape index (κ2) is 4.97. The van der Waals surface area contributed by atoms with E-state index >= 15 is 0 Å². The molecule has 2 heterocycles. The molecule has 0 radical (unpaired) electrons. The van der Waals surface area contributed by atoms with E-state index in [-0.39, 0.29) is 0 Å². The van der Waals surface area contributed by atoms with Crippen molar-refractivity contribution in [3.63, 3.8) is 0 Å². The second-order valence-corrected chi connectivity index (χ2v) is 4.31. The van der Waals surface area contributed by atoms with E-state index in [0.29, 0.717) is 12.4 Å². The molecule has 94 valence electrons. The van der Waals surface area contributed by atoms with Gasteiger partial charge in [0.1, 0.15) is 0 Å². The fourth-order valence-corrected chi connectivity index (χ4v) is 1.86. The first-order valence-corrected chi connectivity index (χ1v) is 6.05. The van der Waals surface area contributed by atoms with Crippen LogP contribution < -0.4 is 0 Å². The van der Waals surface area contributed by atoms with Crippen LogP contribution in [-0.2, 0) is 6.54 Å². The van der Waals surface area contributed by atoms with E-state index in [0.717, 1.165) is 5.56 Å². The monoisotopic (exact) mass is 251 g/mol. The minimum Gasteiger partial charge on any atom is -0.264 e. The SMILES string of the molecule is Cc1ccccc1Cn1nnc(-c2cccnc2)n1. The molecule has 2 aromatic heterocycles. The average Bonchev–Trinajstić information content (AvgIpc) is 2.91. The summed E-state index contributed by atoms with van der Waals surface area (Å²) in [4.78, 5) is 5.65. The van der Waals surface area contributed by atoms with Gasteiger partial charge in [-0.3, -0.25) is 4.98 Å². The number of pyridine rings is 1. The molecule has 0 amide bonds. The zero-order valence-electron chi connectivity index (χ0n) is 10.6. The maximum absolute atomic E-state index is 4.37. The van der Waals surface area contributed by atoms with Gasteiger partial charge < -0.3 is 0 Å². The second-order valence-electron chi connectivity index (χ2n) is 4.31. The predicted molar refractivity (Wildman–Crippen MR) is 71.3 cm³/mol. The number of tetrazole rings is 1. The quantitative estimate of drug-likeness (QED) is 0.715. The summed E-state index contributed by atoms with van der Waals surface area (Å²) >= 11 is 0. The number of hydrogen-bond acceptors (Lipinski definition) is 4. The lowest BCUT2D eigenvalue weighted by Gasteiger charge is -2.03. The Bertz CT molecular complexity index is 675. The zero-order valence-corrected chi connectivity index (χ0v) is 10.6. The van der Waals surface area contributed by atoms with Crippen molar-refractivity contribution in [2.45, 2.75) is 13.5 Å². The molecule has 0 spiro atoms. The van der Waals surface area contributed by atoms with Crippen LogP contribution in [0.2, 0.25) is 0 Å². The molecule has 3 rings (SSSR count). The maximum Gasteiger partial charge on any atom is 0.206 e. The number of benzene rings is 1. The topological polar surface area (TPSA) is 56.5 Å². The molecule has 0 aliphatic carbocycles. The summed E-state index contributed by atoms with van der Waals surface area (Å²) in [5, 5.41) is 12.5. The van der Waals surface area contributed by atoms with Crippen molar-refractivity contribution in [1.29, 1.82) is 0 Å². The Morgan fingerprint density at radius 1 is 1.11 bits per heavy atom. The third-order valence-corrected chi connectivity index (χ3v) is 2.95. The lowest BCUT2D eigenvalue weighted by atomic mass is 10.1. The summed E-state index contributed by atoms with van der Waals surface area (Å²) in [7, 11) is 0.